The van der Waals surface area contributed by atoms with Gasteiger partial charge in [0.2, 0.25) is 15.9 Å². The van der Waals surface area contributed by atoms with E-state index in [1.54, 1.807) is 0 Å². The zero-order chi connectivity index (χ0) is 17.0. The molecule has 0 saturated heterocycles. The molecule has 0 bridgehead atoms. The van der Waals surface area contributed by atoms with Crippen molar-refractivity contribution in [3.05, 3.63) is 17.5 Å². The van der Waals surface area contributed by atoms with Crippen LogP contribution >= 0.6 is 0 Å². The molecule has 2 heterocycles. The Bertz CT molecular complexity index is 652. The van der Waals surface area contributed by atoms with Gasteiger partial charge in [-0.2, -0.15) is 9.40 Å². The van der Waals surface area contributed by atoms with Crippen molar-refractivity contribution < 1.29 is 17.9 Å². The lowest BCUT2D eigenvalue weighted by molar-refractivity contribution is -0.131. The van der Waals surface area contributed by atoms with Crippen molar-refractivity contribution >= 4 is 15.9 Å². The van der Waals surface area contributed by atoms with Crippen LogP contribution in [-0.2, 0) is 39.2 Å². The molecule has 0 fully saturated rings. The molecule has 0 saturated carbocycles. The Morgan fingerprint density at radius 3 is 2.83 bits per heavy atom. The minimum atomic E-state index is -3.22. The third kappa shape index (κ3) is 4.52. The standard InChI is InChI=1S/C14H24N4O4S/c1-4-13(22-2)14(19)15-9-11-8-12-10-17(23(3,20)21)6-5-7-18(12)16-11/h8,13H,4-7,9-10H2,1-3H3,(H,15,19)/t13-/m0/s1. The van der Waals surface area contributed by atoms with Gasteiger partial charge < -0.3 is 10.1 Å². The molecular formula is C14H24N4O4S. The van der Waals surface area contributed by atoms with E-state index in [1.165, 1.54) is 17.7 Å². The van der Waals surface area contributed by atoms with E-state index in [1.807, 2.05) is 17.7 Å². The quantitative estimate of drug-likeness (QED) is 0.789. The third-order valence-electron chi connectivity index (χ3n) is 3.89. The van der Waals surface area contributed by atoms with Gasteiger partial charge in [0.1, 0.15) is 6.10 Å². The van der Waals surface area contributed by atoms with Crippen LogP contribution in [-0.4, -0.2) is 54.4 Å². The first-order valence-electron chi connectivity index (χ1n) is 7.66. The molecule has 0 unspecified atom stereocenters. The first kappa shape index (κ1) is 17.9. The van der Waals surface area contributed by atoms with Crippen molar-refractivity contribution in [3.8, 4) is 0 Å². The molecule has 0 aromatic carbocycles. The highest BCUT2D eigenvalue weighted by molar-refractivity contribution is 7.88. The molecule has 1 aromatic heterocycles. The average molecular weight is 344 g/mol. The van der Waals surface area contributed by atoms with E-state index < -0.39 is 16.1 Å². The molecule has 9 heteroatoms. The van der Waals surface area contributed by atoms with Crippen LogP contribution in [0.3, 0.4) is 0 Å². The number of aryl methyl sites for hydroxylation is 1. The summed E-state index contributed by atoms with van der Waals surface area (Å²) < 4.78 is 31.8. The Morgan fingerprint density at radius 1 is 1.48 bits per heavy atom. The highest BCUT2D eigenvalue weighted by Gasteiger charge is 2.23. The summed E-state index contributed by atoms with van der Waals surface area (Å²) in [5, 5.41) is 7.25. The first-order chi connectivity index (χ1) is 10.8. The van der Waals surface area contributed by atoms with Gasteiger partial charge in [0.15, 0.2) is 0 Å². The molecule has 1 aliphatic rings. The maximum atomic E-state index is 11.9. The zero-order valence-corrected chi connectivity index (χ0v) is 14.6. The van der Waals surface area contributed by atoms with Crippen molar-refractivity contribution in [2.75, 3.05) is 19.9 Å². The van der Waals surface area contributed by atoms with Gasteiger partial charge >= 0.3 is 0 Å². The van der Waals surface area contributed by atoms with Crippen molar-refractivity contribution in [1.29, 1.82) is 0 Å². The number of hydrogen-bond acceptors (Lipinski definition) is 5. The number of rotatable bonds is 6. The number of ether oxygens (including phenoxy) is 1. The minimum Gasteiger partial charge on any atom is -0.372 e. The lowest BCUT2D eigenvalue weighted by atomic mass is 10.2. The van der Waals surface area contributed by atoms with Gasteiger partial charge in [0.05, 0.1) is 30.7 Å². The topological polar surface area (TPSA) is 93.5 Å². The number of fused-ring (bicyclic) bond motifs is 1. The van der Waals surface area contributed by atoms with Crippen LogP contribution in [0.2, 0.25) is 0 Å². The molecule has 1 atom stereocenters. The van der Waals surface area contributed by atoms with E-state index in [-0.39, 0.29) is 5.91 Å². The smallest absolute Gasteiger partial charge is 0.249 e. The fourth-order valence-electron chi connectivity index (χ4n) is 2.61. The van der Waals surface area contributed by atoms with Crippen LogP contribution in [0.5, 0.6) is 0 Å². The molecule has 2 rings (SSSR count). The summed E-state index contributed by atoms with van der Waals surface area (Å²) in [7, 11) is -1.71. The molecule has 1 N–H and O–H groups in total. The molecule has 1 aromatic rings. The second kappa shape index (κ2) is 7.41. The summed E-state index contributed by atoms with van der Waals surface area (Å²) in [6, 6.07) is 1.84. The van der Waals surface area contributed by atoms with E-state index >= 15 is 0 Å². The van der Waals surface area contributed by atoms with E-state index in [9.17, 15) is 13.2 Å². The highest BCUT2D eigenvalue weighted by atomic mass is 32.2. The fraction of sp³-hybridized carbons (Fsp3) is 0.714. The van der Waals surface area contributed by atoms with Crippen molar-refractivity contribution in [3.63, 3.8) is 0 Å². The second-order valence-electron chi connectivity index (χ2n) is 5.65. The number of carbonyl (C=O) groups is 1. The van der Waals surface area contributed by atoms with E-state index in [0.29, 0.717) is 32.6 Å². The third-order valence-corrected chi connectivity index (χ3v) is 5.14. The Hall–Kier alpha value is -1.45. The SMILES string of the molecule is CC[C@H](OC)C(=O)NCc1cc2n(n1)CCCN(S(C)(=O)=O)C2. The molecule has 8 nitrogen and oxygen atoms in total. The number of aromatic nitrogens is 2. The van der Waals surface area contributed by atoms with Crippen LogP contribution in [0.1, 0.15) is 31.2 Å². The van der Waals surface area contributed by atoms with Gasteiger partial charge in [-0.05, 0) is 18.9 Å². The summed E-state index contributed by atoms with van der Waals surface area (Å²) in [6.07, 6.45) is 2.08. The highest BCUT2D eigenvalue weighted by Crippen LogP contribution is 2.16. The summed E-state index contributed by atoms with van der Waals surface area (Å²) in [5.74, 6) is -0.170. The lowest BCUT2D eigenvalue weighted by Gasteiger charge is -2.16. The van der Waals surface area contributed by atoms with Crippen LogP contribution in [0, 0.1) is 0 Å². The normalized spacial score (nSPS) is 17.3. The van der Waals surface area contributed by atoms with E-state index in [2.05, 4.69) is 10.4 Å². The van der Waals surface area contributed by atoms with Gasteiger partial charge in [-0.25, -0.2) is 8.42 Å². The average Bonchev–Trinajstić information content (AvgIpc) is 2.75. The van der Waals surface area contributed by atoms with Gasteiger partial charge in [0, 0.05) is 20.2 Å². The minimum absolute atomic E-state index is 0.170. The summed E-state index contributed by atoms with van der Waals surface area (Å²) >= 11 is 0. The van der Waals surface area contributed by atoms with Crippen LogP contribution in [0.4, 0.5) is 0 Å². The Kier molecular flexibility index (Phi) is 5.77. The summed E-state index contributed by atoms with van der Waals surface area (Å²) in [6.45, 7) is 3.67. The van der Waals surface area contributed by atoms with Crippen LogP contribution in [0.15, 0.2) is 6.07 Å². The number of nitrogens with one attached hydrogen (secondary N) is 1. The van der Waals surface area contributed by atoms with Crippen LogP contribution in [0.25, 0.3) is 0 Å². The largest absolute Gasteiger partial charge is 0.372 e. The Balaban J connectivity index is 2.04. The fourth-order valence-corrected chi connectivity index (χ4v) is 3.44. The first-order valence-corrected chi connectivity index (χ1v) is 9.51. The van der Waals surface area contributed by atoms with Gasteiger partial charge in [-0.3, -0.25) is 9.48 Å². The number of hydrogen-bond donors (Lipinski definition) is 1. The molecule has 130 valence electrons. The van der Waals surface area contributed by atoms with Crippen molar-refractivity contribution in [1.82, 2.24) is 19.4 Å². The maximum Gasteiger partial charge on any atom is 0.249 e. The van der Waals surface area contributed by atoms with Gasteiger partial charge in [-0.15, -0.1) is 0 Å². The van der Waals surface area contributed by atoms with Gasteiger partial charge in [-0.1, -0.05) is 6.92 Å². The Morgan fingerprint density at radius 2 is 2.22 bits per heavy atom. The van der Waals surface area contributed by atoms with Gasteiger partial charge in [0.25, 0.3) is 0 Å². The summed E-state index contributed by atoms with van der Waals surface area (Å²) in [5.41, 5.74) is 1.56. The monoisotopic (exact) mass is 344 g/mol. The molecular weight excluding hydrogens is 320 g/mol. The molecule has 0 radical (unpaired) electrons. The number of methoxy groups -OCH3 is 1. The molecule has 0 aliphatic carbocycles. The number of carbonyl (C=O) groups excluding carboxylic acids is 1. The lowest BCUT2D eigenvalue weighted by Crippen LogP contribution is -2.35. The predicted octanol–water partition coefficient (Wildman–Crippen LogP) is 0.0896. The van der Waals surface area contributed by atoms with E-state index in [0.717, 1.165) is 17.8 Å². The van der Waals surface area contributed by atoms with Crippen molar-refractivity contribution in [2.24, 2.45) is 0 Å². The molecule has 0 spiro atoms. The molecule has 23 heavy (non-hydrogen) atoms. The zero-order valence-electron chi connectivity index (χ0n) is 13.8. The van der Waals surface area contributed by atoms with E-state index in [4.69, 9.17) is 4.74 Å². The Labute approximate surface area is 136 Å². The maximum absolute atomic E-state index is 11.9. The number of sulfonamides is 1. The molecule has 1 aliphatic heterocycles. The van der Waals surface area contributed by atoms with Crippen molar-refractivity contribution in [2.45, 2.75) is 45.5 Å². The molecule has 1 amide bonds. The predicted molar refractivity (Wildman–Crippen MR) is 85.0 cm³/mol. The van der Waals surface area contributed by atoms with Crippen LogP contribution < -0.4 is 5.32 Å². The number of nitrogens with zero attached hydrogens (tertiary/aromatic N) is 3. The number of amides is 1. The second-order valence-corrected chi connectivity index (χ2v) is 7.63. The summed E-state index contributed by atoms with van der Waals surface area (Å²) in [4.78, 5) is 11.9.